The lowest BCUT2D eigenvalue weighted by Crippen LogP contribution is -2.56. The Bertz CT molecular complexity index is 772. The number of carbonyl (C=O) groups excluding carboxylic acids is 1. The highest BCUT2D eigenvalue weighted by atomic mass is 19.4. The van der Waals surface area contributed by atoms with E-state index in [4.69, 9.17) is 9.47 Å². The third kappa shape index (κ3) is 4.25. The predicted octanol–water partition coefficient (Wildman–Crippen LogP) is 2.94. The number of pyridine rings is 1. The number of ether oxygens (including phenoxy) is 2. The summed E-state index contributed by atoms with van der Waals surface area (Å²) in [5.74, 6) is 0.759. The van der Waals surface area contributed by atoms with Crippen LogP contribution >= 0.6 is 0 Å². The minimum absolute atomic E-state index is 0.0431. The molecule has 2 aromatic rings. The molecule has 0 spiro atoms. The maximum absolute atomic E-state index is 12.5. The molecule has 0 radical (unpaired) electrons. The fourth-order valence-corrected chi connectivity index (χ4v) is 2.57. The van der Waals surface area contributed by atoms with Crippen molar-refractivity contribution >= 4 is 5.91 Å². The van der Waals surface area contributed by atoms with Crippen LogP contribution in [-0.4, -0.2) is 42.1 Å². The van der Waals surface area contributed by atoms with Crippen molar-refractivity contribution in [3.63, 3.8) is 0 Å². The van der Waals surface area contributed by atoms with E-state index >= 15 is 0 Å². The van der Waals surface area contributed by atoms with Crippen LogP contribution in [0.25, 0.3) is 0 Å². The Labute approximate surface area is 148 Å². The minimum atomic E-state index is -4.43. The van der Waals surface area contributed by atoms with E-state index in [1.54, 1.807) is 24.1 Å². The first-order valence-electron chi connectivity index (χ1n) is 7.96. The van der Waals surface area contributed by atoms with Gasteiger partial charge in [0.15, 0.2) is 0 Å². The van der Waals surface area contributed by atoms with E-state index < -0.39 is 11.7 Å². The topological polar surface area (TPSA) is 51.7 Å². The standard InChI is InChI=1S/C18H17F3N2O3/c1-25-14-4-2-3-12(7-14)8-17(24)23-10-15(11-23)26-16-6-5-13(9-22-16)18(19,20)21/h2-7,9,15H,8,10-11H2,1H3. The largest absolute Gasteiger partial charge is 0.497 e. The molecule has 0 aliphatic carbocycles. The number of rotatable bonds is 5. The van der Waals surface area contributed by atoms with Crippen molar-refractivity contribution in [2.24, 2.45) is 0 Å². The van der Waals surface area contributed by atoms with Crippen LogP contribution in [0.1, 0.15) is 11.1 Å². The molecule has 0 unspecified atom stereocenters. The molecule has 1 aromatic carbocycles. The second kappa shape index (κ2) is 7.23. The minimum Gasteiger partial charge on any atom is -0.497 e. The van der Waals surface area contributed by atoms with Crippen LogP contribution in [0, 0.1) is 0 Å². The average Bonchev–Trinajstić information content (AvgIpc) is 2.57. The molecule has 2 heterocycles. The first-order chi connectivity index (χ1) is 12.3. The van der Waals surface area contributed by atoms with Gasteiger partial charge in [0.1, 0.15) is 11.9 Å². The first-order valence-corrected chi connectivity index (χ1v) is 7.96. The summed E-state index contributed by atoms with van der Waals surface area (Å²) in [5.41, 5.74) is 0.0247. The highest BCUT2D eigenvalue weighted by Gasteiger charge is 2.33. The summed E-state index contributed by atoms with van der Waals surface area (Å²) in [6, 6.07) is 9.38. The van der Waals surface area contributed by atoms with Gasteiger partial charge in [0.05, 0.1) is 32.2 Å². The Morgan fingerprint density at radius 2 is 2.04 bits per heavy atom. The lowest BCUT2D eigenvalue weighted by Gasteiger charge is -2.38. The second-order valence-corrected chi connectivity index (χ2v) is 5.95. The zero-order valence-electron chi connectivity index (χ0n) is 14.0. The maximum atomic E-state index is 12.5. The summed E-state index contributed by atoms with van der Waals surface area (Å²) in [6.07, 6.45) is -3.71. The van der Waals surface area contributed by atoms with E-state index in [0.717, 1.165) is 17.8 Å². The summed E-state index contributed by atoms with van der Waals surface area (Å²) in [5, 5.41) is 0. The molecular weight excluding hydrogens is 349 g/mol. The smallest absolute Gasteiger partial charge is 0.417 e. The van der Waals surface area contributed by atoms with E-state index in [0.29, 0.717) is 18.8 Å². The Morgan fingerprint density at radius 3 is 2.65 bits per heavy atom. The molecule has 0 bridgehead atoms. The predicted molar refractivity (Wildman–Crippen MR) is 86.9 cm³/mol. The normalized spacial score (nSPS) is 14.7. The molecule has 1 amide bonds. The van der Waals surface area contributed by atoms with Gasteiger partial charge in [-0.25, -0.2) is 4.98 Å². The van der Waals surface area contributed by atoms with Gasteiger partial charge in [-0.3, -0.25) is 4.79 Å². The Balaban J connectivity index is 1.48. The third-order valence-electron chi connectivity index (χ3n) is 4.04. The van der Waals surface area contributed by atoms with Crippen molar-refractivity contribution in [2.75, 3.05) is 20.2 Å². The number of halogens is 3. The molecule has 138 valence electrons. The van der Waals surface area contributed by atoms with Crippen LogP contribution in [0.15, 0.2) is 42.6 Å². The van der Waals surface area contributed by atoms with Gasteiger partial charge >= 0.3 is 6.18 Å². The number of nitrogens with zero attached hydrogens (tertiary/aromatic N) is 2. The van der Waals surface area contributed by atoms with E-state index in [9.17, 15) is 18.0 Å². The Morgan fingerprint density at radius 1 is 1.27 bits per heavy atom. The highest BCUT2D eigenvalue weighted by Crippen LogP contribution is 2.29. The molecule has 26 heavy (non-hydrogen) atoms. The number of carbonyl (C=O) groups is 1. The molecule has 0 atom stereocenters. The monoisotopic (exact) mass is 366 g/mol. The van der Waals surface area contributed by atoms with Gasteiger partial charge in [0, 0.05) is 12.3 Å². The number of amides is 1. The molecule has 0 saturated carbocycles. The number of hydrogen-bond acceptors (Lipinski definition) is 4. The van der Waals surface area contributed by atoms with Gasteiger partial charge < -0.3 is 14.4 Å². The fraction of sp³-hybridized carbons (Fsp3) is 0.333. The molecule has 0 N–H and O–H groups in total. The number of benzene rings is 1. The highest BCUT2D eigenvalue weighted by molar-refractivity contribution is 5.79. The SMILES string of the molecule is COc1cccc(CC(=O)N2CC(Oc3ccc(C(F)(F)F)cn3)C2)c1. The molecule has 5 nitrogen and oxygen atoms in total. The van der Waals surface area contributed by atoms with Crippen molar-refractivity contribution in [1.82, 2.24) is 9.88 Å². The van der Waals surface area contributed by atoms with Crippen LogP contribution in [0.2, 0.25) is 0 Å². The zero-order valence-corrected chi connectivity index (χ0v) is 14.0. The Kier molecular flexibility index (Phi) is 5.01. The van der Waals surface area contributed by atoms with E-state index in [-0.39, 0.29) is 24.3 Å². The van der Waals surface area contributed by atoms with Crippen LogP contribution in [0.4, 0.5) is 13.2 Å². The lowest BCUT2D eigenvalue weighted by molar-refractivity contribution is -0.140. The second-order valence-electron chi connectivity index (χ2n) is 5.95. The third-order valence-corrected chi connectivity index (χ3v) is 4.04. The summed E-state index contributed by atoms with van der Waals surface area (Å²) >= 11 is 0. The van der Waals surface area contributed by atoms with Crippen LogP contribution in [-0.2, 0) is 17.4 Å². The maximum Gasteiger partial charge on any atom is 0.417 e. The van der Waals surface area contributed by atoms with Crippen molar-refractivity contribution in [1.29, 1.82) is 0 Å². The molecular formula is C18H17F3N2O3. The fourth-order valence-electron chi connectivity index (χ4n) is 2.57. The van der Waals surface area contributed by atoms with Gasteiger partial charge in [-0.2, -0.15) is 13.2 Å². The molecule has 1 aromatic heterocycles. The first kappa shape index (κ1) is 18.0. The summed E-state index contributed by atoms with van der Waals surface area (Å²) in [4.78, 5) is 17.5. The van der Waals surface area contributed by atoms with Crippen LogP contribution < -0.4 is 9.47 Å². The number of alkyl halides is 3. The number of likely N-dealkylation sites (tertiary alicyclic amines) is 1. The van der Waals surface area contributed by atoms with E-state index in [1.165, 1.54) is 6.07 Å². The molecule has 1 aliphatic heterocycles. The van der Waals surface area contributed by atoms with Gasteiger partial charge in [0.25, 0.3) is 0 Å². The van der Waals surface area contributed by atoms with Gasteiger partial charge in [-0.15, -0.1) is 0 Å². The van der Waals surface area contributed by atoms with Crippen molar-refractivity contribution < 1.29 is 27.4 Å². The number of aromatic nitrogens is 1. The lowest BCUT2D eigenvalue weighted by atomic mass is 10.1. The average molecular weight is 366 g/mol. The quantitative estimate of drug-likeness (QED) is 0.817. The van der Waals surface area contributed by atoms with Gasteiger partial charge in [-0.05, 0) is 23.8 Å². The van der Waals surface area contributed by atoms with E-state index in [2.05, 4.69) is 4.98 Å². The number of hydrogen-bond donors (Lipinski definition) is 0. The van der Waals surface area contributed by atoms with Gasteiger partial charge in [0.2, 0.25) is 11.8 Å². The molecule has 1 saturated heterocycles. The summed E-state index contributed by atoms with van der Waals surface area (Å²) in [7, 11) is 1.56. The van der Waals surface area contributed by atoms with Crippen molar-refractivity contribution in [3.8, 4) is 11.6 Å². The summed E-state index contributed by atoms with van der Waals surface area (Å²) < 4.78 is 48.1. The number of methoxy groups -OCH3 is 1. The van der Waals surface area contributed by atoms with Crippen LogP contribution in [0.5, 0.6) is 11.6 Å². The van der Waals surface area contributed by atoms with Gasteiger partial charge in [-0.1, -0.05) is 12.1 Å². The molecule has 3 rings (SSSR count). The van der Waals surface area contributed by atoms with Crippen molar-refractivity contribution in [3.05, 3.63) is 53.7 Å². The van der Waals surface area contributed by atoms with E-state index in [1.807, 2.05) is 12.1 Å². The van der Waals surface area contributed by atoms with Crippen LogP contribution in [0.3, 0.4) is 0 Å². The zero-order chi connectivity index (χ0) is 18.7. The molecule has 1 fully saturated rings. The van der Waals surface area contributed by atoms with Crippen molar-refractivity contribution in [2.45, 2.75) is 18.7 Å². The summed E-state index contributed by atoms with van der Waals surface area (Å²) in [6.45, 7) is 0.761. The molecule has 1 aliphatic rings. The molecule has 8 heteroatoms. The Hall–Kier alpha value is -2.77.